The second-order valence-electron chi connectivity index (χ2n) is 13.7. The number of aliphatic hydroxyl groups is 1. The Morgan fingerprint density at radius 1 is 1.05 bits per heavy atom. The summed E-state index contributed by atoms with van der Waals surface area (Å²) in [7, 11) is 0. The summed E-state index contributed by atoms with van der Waals surface area (Å²) < 4.78 is 6.40. The molecule has 5 aliphatic rings. The average molecular weight is 574 g/mol. The van der Waals surface area contributed by atoms with E-state index in [1.807, 2.05) is 42.5 Å². The largest absolute Gasteiger partial charge is 0.450 e. The minimum atomic E-state index is -1.24. The van der Waals surface area contributed by atoms with E-state index in [0.29, 0.717) is 19.3 Å². The molecule has 0 spiro atoms. The smallest absolute Gasteiger partial charge is 0.309 e. The summed E-state index contributed by atoms with van der Waals surface area (Å²) in [6, 6.07) is 11.9. The fraction of sp³-hybridized carbons (Fsp3) is 0.588. The van der Waals surface area contributed by atoms with Gasteiger partial charge in [-0.05, 0) is 92.7 Å². The maximum atomic E-state index is 14.4. The van der Waals surface area contributed by atoms with Crippen LogP contribution in [-0.4, -0.2) is 45.1 Å². The van der Waals surface area contributed by atoms with E-state index in [2.05, 4.69) is 13.8 Å². The second-order valence-corrected chi connectivity index (χ2v) is 14.7. The lowest BCUT2D eigenvalue weighted by Gasteiger charge is -2.60. The number of benzene rings is 1. The third-order valence-electron chi connectivity index (χ3n) is 11.6. The van der Waals surface area contributed by atoms with Gasteiger partial charge in [-0.25, -0.2) is 4.98 Å². The maximum absolute atomic E-state index is 14.4. The third kappa shape index (κ3) is 4.24. The van der Waals surface area contributed by atoms with E-state index in [-0.39, 0.29) is 52.4 Å². The highest BCUT2D eigenvalue weighted by atomic mass is 32.2. The van der Waals surface area contributed by atoms with Crippen molar-refractivity contribution in [2.75, 3.05) is 5.75 Å². The van der Waals surface area contributed by atoms with Crippen molar-refractivity contribution in [2.45, 2.75) is 88.4 Å². The Bertz CT molecular complexity index is 1470. The molecule has 0 radical (unpaired) electrons. The number of allylic oxidation sites excluding steroid dienone is 1. The van der Waals surface area contributed by atoms with Gasteiger partial charge in [0.2, 0.25) is 0 Å². The summed E-state index contributed by atoms with van der Waals surface area (Å²) in [5.41, 5.74) is -0.00793. The number of esters is 1. The van der Waals surface area contributed by atoms with E-state index >= 15 is 0 Å². The first-order valence-corrected chi connectivity index (χ1v) is 16.3. The zero-order chi connectivity index (χ0) is 28.6. The van der Waals surface area contributed by atoms with Gasteiger partial charge in [0, 0.05) is 17.2 Å². The van der Waals surface area contributed by atoms with Crippen molar-refractivity contribution in [3.05, 3.63) is 48.0 Å². The Hall–Kier alpha value is -2.51. The van der Waals surface area contributed by atoms with Crippen molar-refractivity contribution in [3.63, 3.8) is 0 Å². The van der Waals surface area contributed by atoms with Gasteiger partial charge in [-0.1, -0.05) is 55.4 Å². The van der Waals surface area contributed by atoms with Crippen LogP contribution in [0.1, 0.15) is 71.6 Å². The molecule has 216 valence electrons. The normalized spacial score (nSPS) is 38.0. The van der Waals surface area contributed by atoms with Crippen molar-refractivity contribution in [1.29, 1.82) is 0 Å². The van der Waals surface area contributed by atoms with Gasteiger partial charge >= 0.3 is 5.97 Å². The zero-order valence-corrected chi connectivity index (χ0v) is 24.8. The van der Waals surface area contributed by atoms with Crippen molar-refractivity contribution in [2.24, 2.45) is 34.5 Å². The fourth-order valence-electron chi connectivity index (χ4n) is 9.32. The molecule has 41 heavy (non-hydrogen) atoms. The Balaban J connectivity index is 1.20. The van der Waals surface area contributed by atoms with Gasteiger partial charge in [0.15, 0.2) is 17.2 Å². The van der Waals surface area contributed by atoms with Crippen LogP contribution in [0.3, 0.4) is 0 Å². The van der Waals surface area contributed by atoms with Gasteiger partial charge in [-0.3, -0.25) is 14.4 Å². The summed E-state index contributed by atoms with van der Waals surface area (Å²) >= 11 is 1.40. The van der Waals surface area contributed by atoms with E-state index in [9.17, 15) is 19.5 Å². The van der Waals surface area contributed by atoms with Crippen molar-refractivity contribution >= 4 is 40.2 Å². The van der Waals surface area contributed by atoms with Crippen LogP contribution in [0.4, 0.5) is 0 Å². The lowest BCUT2D eigenvalue weighted by Crippen LogP contribution is -2.63. The fourth-order valence-corrected chi connectivity index (χ4v) is 10.2. The molecule has 7 rings (SSSR count). The molecule has 1 N–H and O–H groups in total. The highest BCUT2D eigenvalue weighted by Crippen LogP contribution is 2.68. The molecular formula is C34H39NO5S. The number of ether oxygens (including phenoxy) is 1. The summed E-state index contributed by atoms with van der Waals surface area (Å²) in [6.45, 7) is 4.35. The van der Waals surface area contributed by atoms with Crippen LogP contribution in [0.2, 0.25) is 0 Å². The quantitative estimate of drug-likeness (QED) is 0.330. The Labute approximate surface area is 245 Å². The van der Waals surface area contributed by atoms with E-state index < -0.39 is 17.1 Å². The van der Waals surface area contributed by atoms with Crippen LogP contribution in [0.15, 0.2) is 53.1 Å². The number of carbonyl (C=O) groups is 3. The van der Waals surface area contributed by atoms with Gasteiger partial charge in [0.25, 0.3) is 0 Å². The van der Waals surface area contributed by atoms with Crippen molar-refractivity contribution in [1.82, 2.24) is 4.98 Å². The number of hydrogen-bond acceptors (Lipinski definition) is 7. The van der Waals surface area contributed by atoms with Gasteiger partial charge in [0.05, 0.1) is 28.3 Å². The van der Waals surface area contributed by atoms with E-state index in [1.165, 1.54) is 17.3 Å². The Kier molecular flexibility index (Phi) is 6.51. The number of para-hydroxylation sites is 1. The summed E-state index contributed by atoms with van der Waals surface area (Å²) in [6.07, 6.45) is 7.65. The number of rotatable bonds is 6. The Morgan fingerprint density at radius 2 is 1.85 bits per heavy atom. The molecule has 7 atom stereocenters. The van der Waals surface area contributed by atoms with Crippen LogP contribution < -0.4 is 0 Å². The average Bonchev–Trinajstić information content (AvgIpc) is 3.76. The molecule has 2 aromatic rings. The number of aliphatic hydroxyl groups excluding tert-OH is 1. The first kappa shape index (κ1) is 27.3. The lowest BCUT2D eigenvalue weighted by atomic mass is 9.45. The SMILES string of the molecule is CC12CCC(=O)C=C1CCC1C2C(O)CC2(C)C1CC[C@]2(OC(=O)C1CC1)C(=O)CSc1ccc2ccccc2n1. The molecular weight excluding hydrogens is 534 g/mol. The first-order valence-electron chi connectivity index (χ1n) is 15.3. The molecule has 1 aromatic heterocycles. The standard InChI is InChI=1S/C34H39NO5S/c1-32-15-13-23(36)17-22(32)10-11-24-25-14-16-34(40-31(39)21-7-8-21,33(25,2)18-27(37)30(24)32)28(38)19-41-29-12-9-20-5-3-4-6-26(20)35-29/h3-6,9,12,17,21,24-25,27,30,37H,7-8,10-11,13-16,18-19H2,1-2H3/t24?,25?,27?,30?,32?,33?,34-/m0/s1. The van der Waals surface area contributed by atoms with Crippen molar-refractivity contribution < 1.29 is 24.2 Å². The minimum Gasteiger partial charge on any atom is -0.450 e. The van der Waals surface area contributed by atoms with Crippen LogP contribution in [0.5, 0.6) is 0 Å². The number of carbonyl (C=O) groups excluding carboxylic acids is 3. The first-order chi connectivity index (χ1) is 19.6. The van der Waals surface area contributed by atoms with Crippen molar-refractivity contribution in [3.8, 4) is 0 Å². The number of aromatic nitrogens is 1. The number of pyridine rings is 1. The number of Topliss-reactive ketones (excluding diaryl/α,β-unsaturated/α-hetero) is 1. The highest BCUT2D eigenvalue weighted by molar-refractivity contribution is 7.99. The molecule has 0 amide bonds. The van der Waals surface area contributed by atoms with Gasteiger partial charge < -0.3 is 9.84 Å². The Morgan fingerprint density at radius 3 is 2.66 bits per heavy atom. The number of fused-ring (bicyclic) bond motifs is 6. The highest BCUT2D eigenvalue weighted by Gasteiger charge is 2.70. The molecule has 7 heteroatoms. The number of nitrogens with zero attached hydrogens (tertiary/aromatic N) is 1. The molecule has 1 heterocycles. The molecule has 6 nitrogen and oxygen atoms in total. The number of hydrogen-bond donors (Lipinski definition) is 1. The van der Waals surface area contributed by atoms with Gasteiger partial charge in [-0.2, -0.15) is 0 Å². The lowest BCUT2D eigenvalue weighted by molar-refractivity contribution is -0.200. The van der Waals surface area contributed by atoms with E-state index in [0.717, 1.165) is 54.5 Å². The summed E-state index contributed by atoms with van der Waals surface area (Å²) in [5, 5.41) is 13.7. The van der Waals surface area contributed by atoms with E-state index in [1.54, 1.807) is 0 Å². The molecule has 4 fully saturated rings. The second kappa shape index (κ2) is 9.77. The molecule has 0 bridgehead atoms. The van der Waals surface area contributed by atoms with Crippen LogP contribution in [-0.2, 0) is 19.1 Å². The van der Waals surface area contributed by atoms with Gasteiger partial charge in [-0.15, -0.1) is 0 Å². The molecule has 0 saturated heterocycles. The molecule has 6 unspecified atom stereocenters. The van der Waals surface area contributed by atoms with Crippen LogP contribution in [0.25, 0.3) is 10.9 Å². The summed E-state index contributed by atoms with van der Waals surface area (Å²) in [4.78, 5) is 44.6. The number of ketones is 2. The summed E-state index contributed by atoms with van der Waals surface area (Å²) in [5.74, 6) is 0.388. The topological polar surface area (TPSA) is 93.6 Å². The molecule has 0 aliphatic heterocycles. The predicted molar refractivity (Wildman–Crippen MR) is 157 cm³/mol. The molecule has 1 aromatic carbocycles. The monoisotopic (exact) mass is 573 g/mol. The third-order valence-corrected chi connectivity index (χ3v) is 12.5. The van der Waals surface area contributed by atoms with E-state index in [4.69, 9.17) is 9.72 Å². The van der Waals surface area contributed by atoms with Crippen LogP contribution >= 0.6 is 11.8 Å². The molecule has 4 saturated carbocycles. The minimum absolute atomic E-state index is 0.0508. The van der Waals surface area contributed by atoms with Crippen LogP contribution in [0, 0.1) is 34.5 Å². The van der Waals surface area contributed by atoms with Gasteiger partial charge in [0.1, 0.15) is 0 Å². The maximum Gasteiger partial charge on any atom is 0.309 e. The zero-order valence-electron chi connectivity index (χ0n) is 23.9. The predicted octanol–water partition coefficient (Wildman–Crippen LogP) is 6.09. The number of thioether (sulfide) groups is 1. The molecule has 5 aliphatic carbocycles.